The summed E-state index contributed by atoms with van der Waals surface area (Å²) in [5.74, 6) is -0.171. The molecule has 3 aromatic rings. The molecule has 0 aliphatic rings. The van der Waals surface area contributed by atoms with Gasteiger partial charge in [0.15, 0.2) is 0 Å². The van der Waals surface area contributed by atoms with E-state index in [1.54, 1.807) is 10.9 Å². The predicted molar refractivity (Wildman–Crippen MR) is 94.2 cm³/mol. The fourth-order valence-corrected chi connectivity index (χ4v) is 3.27. The zero-order valence-corrected chi connectivity index (χ0v) is 14.3. The molecule has 0 aliphatic heterocycles. The number of aliphatic hydroxyl groups is 1. The largest absolute Gasteiger partial charge is 0.396 e. The van der Waals surface area contributed by atoms with Crippen LogP contribution in [0.3, 0.4) is 0 Å². The van der Waals surface area contributed by atoms with Crippen LogP contribution >= 0.6 is 11.3 Å². The highest BCUT2D eigenvalue weighted by Gasteiger charge is 2.17. The molecular formula is C17H18N4O2S. The Hall–Kier alpha value is -2.51. The van der Waals surface area contributed by atoms with E-state index in [0.29, 0.717) is 17.0 Å². The highest BCUT2D eigenvalue weighted by atomic mass is 32.1. The van der Waals surface area contributed by atoms with Crippen molar-refractivity contribution in [1.82, 2.24) is 14.8 Å². The molecule has 0 atom stereocenters. The summed E-state index contributed by atoms with van der Waals surface area (Å²) in [6.45, 7) is 1.94. The van der Waals surface area contributed by atoms with Crippen LogP contribution in [0.15, 0.2) is 36.7 Å². The molecule has 0 aliphatic carbocycles. The number of hydrogen-bond donors (Lipinski definition) is 2. The molecule has 0 spiro atoms. The second-order valence-electron chi connectivity index (χ2n) is 5.46. The van der Waals surface area contributed by atoms with Crippen molar-refractivity contribution in [2.75, 3.05) is 11.9 Å². The summed E-state index contributed by atoms with van der Waals surface area (Å²) in [6, 6.07) is 7.46. The minimum atomic E-state index is -0.171. The monoisotopic (exact) mass is 342 g/mol. The Morgan fingerprint density at radius 1 is 1.33 bits per heavy atom. The zero-order chi connectivity index (χ0) is 17.1. The highest BCUT2D eigenvalue weighted by Crippen LogP contribution is 2.28. The number of carbonyl (C=O) groups excluding carboxylic acids is 1. The summed E-state index contributed by atoms with van der Waals surface area (Å²) in [5, 5.41) is 16.7. The SMILES string of the molecule is Cc1nc(-c2cnn(C)c2)sc1C(=O)Nc1ccc(CCO)cc1. The number of nitrogens with zero attached hydrogens (tertiary/aromatic N) is 3. The number of benzene rings is 1. The fraction of sp³-hybridized carbons (Fsp3) is 0.235. The maximum Gasteiger partial charge on any atom is 0.267 e. The van der Waals surface area contributed by atoms with Crippen LogP contribution in [0.25, 0.3) is 10.6 Å². The highest BCUT2D eigenvalue weighted by molar-refractivity contribution is 7.17. The van der Waals surface area contributed by atoms with E-state index < -0.39 is 0 Å². The van der Waals surface area contributed by atoms with Crippen molar-refractivity contribution in [1.29, 1.82) is 0 Å². The number of aromatic nitrogens is 3. The number of thiazole rings is 1. The van der Waals surface area contributed by atoms with Crippen LogP contribution in [0.4, 0.5) is 5.69 Å². The van der Waals surface area contributed by atoms with E-state index in [1.807, 2.05) is 44.4 Å². The van der Waals surface area contributed by atoms with E-state index in [9.17, 15) is 4.79 Å². The molecule has 0 saturated carbocycles. The predicted octanol–water partition coefficient (Wildman–Crippen LogP) is 2.64. The lowest BCUT2D eigenvalue weighted by Gasteiger charge is -2.05. The molecule has 1 aromatic carbocycles. The topological polar surface area (TPSA) is 80.0 Å². The van der Waals surface area contributed by atoms with Crippen molar-refractivity contribution in [2.45, 2.75) is 13.3 Å². The first-order valence-corrected chi connectivity index (χ1v) is 8.36. The van der Waals surface area contributed by atoms with Gasteiger partial charge in [0.25, 0.3) is 5.91 Å². The van der Waals surface area contributed by atoms with Gasteiger partial charge in [-0.3, -0.25) is 9.48 Å². The quantitative estimate of drug-likeness (QED) is 0.747. The zero-order valence-electron chi connectivity index (χ0n) is 13.5. The van der Waals surface area contributed by atoms with Gasteiger partial charge in [0.05, 0.1) is 11.9 Å². The number of aryl methyl sites for hydroxylation is 2. The molecule has 2 heterocycles. The standard InChI is InChI=1S/C17H18N4O2S/c1-11-15(24-17(19-11)13-9-18-21(2)10-13)16(23)20-14-5-3-12(4-6-14)7-8-22/h3-6,9-10,22H,7-8H2,1-2H3,(H,20,23). The molecule has 124 valence electrons. The summed E-state index contributed by atoms with van der Waals surface area (Å²) >= 11 is 1.36. The molecule has 3 rings (SSSR count). The van der Waals surface area contributed by atoms with Crippen molar-refractivity contribution in [3.8, 4) is 10.6 Å². The van der Waals surface area contributed by atoms with E-state index >= 15 is 0 Å². The third-order valence-corrected chi connectivity index (χ3v) is 4.77. The summed E-state index contributed by atoms with van der Waals surface area (Å²) in [4.78, 5) is 17.6. The van der Waals surface area contributed by atoms with Crippen molar-refractivity contribution >= 4 is 22.9 Å². The molecule has 1 amide bonds. The number of hydrogen-bond acceptors (Lipinski definition) is 5. The lowest BCUT2D eigenvalue weighted by molar-refractivity contribution is 0.103. The molecule has 2 N–H and O–H groups in total. The molecule has 0 unspecified atom stereocenters. The van der Waals surface area contributed by atoms with Crippen LogP contribution in [0.2, 0.25) is 0 Å². The average molecular weight is 342 g/mol. The van der Waals surface area contributed by atoms with Gasteiger partial charge in [-0.05, 0) is 31.0 Å². The maximum atomic E-state index is 12.5. The van der Waals surface area contributed by atoms with E-state index in [-0.39, 0.29) is 12.5 Å². The van der Waals surface area contributed by atoms with Gasteiger partial charge in [0.1, 0.15) is 9.88 Å². The molecule has 0 fully saturated rings. The Kier molecular flexibility index (Phi) is 4.73. The van der Waals surface area contributed by atoms with Gasteiger partial charge in [-0.25, -0.2) is 4.98 Å². The van der Waals surface area contributed by atoms with Crippen molar-refractivity contribution in [3.05, 3.63) is 52.8 Å². The van der Waals surface area contributed by atoms with Crippen LogP contribution in [0, 0.1) is 6.92 Å². The number of aliphatic hydroxyl groups excluding tert-OH is 1. The maximum absolute atomic E-state index is 12.5. The third kappa shape index (κ3) is 3.52. The normalized spacial score (nSPS) is 10.8. The number of carbonyl (C=O) groups is 1. The molecular weight excluding hydrogens is 324 g/mol. The average Bonchev–Trinajstić information content (AvgIpc) is 3.15. The Bertz CT molecular complexity index is 852. The first-order chi connectivity index (χ1) is 11.6. The van der Waals surface area contributed by atoms with Gasteiger partial charge in [-0.1, -0.05) is 12.1 Å². The Balaban J connectivity index is 1.76. The molecule has 7 heteroatoms. The molecule has 0 radical (unpaired) electrons. The summed E-state index contributed by atoms with van der Waals surface area (Å²) < 4.78 is 1.71. The smallest absolute Gasteiger partial charge is 0.267 e. The number of rotatable bonds is 5. The lowest BCUT2D eigenvalue weighted by atomic mass is 10.1. The van der Waals surface area contributed by atoms with E-state index in [0.717, 1.165) is 21.8 Å². The van der Waals surface area contributed by atoms with Gasteiger partial charge in [-0.2, -0.15) is 5.10 Å². The van der Waals surface area contributed by atoms with Crippen LogP contribution in [-0.2, 0) is 13.5 Å². The van der Waals surface area contributed by atoms with Crippen LogP contribution in [-0.4, -0.2) is 32.4 Å². The minimum absolute atomic E-state index is 0.114. The molecule has 0 bridgehead atoms. The first-order valence-electron chi connectivity index (χ1n) is 7.54. The number of anilines is 1. The van der Waals surface area contributed by atoms with Crippen molar-refractivity contribution in [3.63, 3.8) is 0 Å². The van der Waals surface area contributed by atoms with Gasteiger partial charge in [0, 0.05) is 31.1 Å². The number of nitrogens with one attached hydrogen (secondary N) is 1. The number of amides is 1. The van der Waals surface area contributed by atoms with Crippen molar-refractivity contribution < 1.29 is 9.90 Å². The Morgan fingerprint density at radius 2 is 2.08 bits per heavy atom. The second kappa shape index (κ2) is 6.94. The summed E-state index contributed by atoms with van der Waals surface area (Å²) in [5.41, 5.74) is 3.35. The van der Waals surface area contributed by atoms with Crippen molar-refractivity contribution in [2.24, 2.45) is 7.05 Å². The summed E-state index contributed by atoms with van der Waals surface area (Å²) in [6.07, 6.45) is 4.22. The molecule has 0 saturated heterocycles. The van der Waals surface area contributed by atoms with E-state index in [4.69, 9.17) is 5.11 Å². The van der Waals surface area contributed by atoms with Crippen LogP contribution < -0.4 is 5.32 Å². The molecule has 6 nitrogen and oxygen atoms in total. The van der Waals surface area contributed by atoms with E-state index in [2.05, 4.69) is 15.4 Å². The van der Waals surface area contributed by atoms with Gasteiger partial charge < -0.3 is 10.4 Å². The van der Waals surface area contributed by atoms with Gasteiger partial charge in [-0.15, -0.1) is 11.3 Å². The fourth-order valence-electron chi connectivity index (χ4n) is 2.33. The van der Waals surface area contributed by atoms with E-state index in [1.165, 1.54) is 11.3 Å². The first kappa shape index (κ1) is 16.4. The minimum Gasteiger partial charge on any atom is -0.396 e. The second-order valence-corrected chi connectivity index (χ2v) is 6.46. The Labute approximate surface area is 143 Å². The van der Waals surface area contributed by atoms with Gasteiger partial charge in [0.2, 0.25) is 0 Å². The van der Waals surface area contributed by atoms with Crippen LogP contribution in [0.5, 0.6) is 0 Å². The Morgan fingerprint density at radius 3 is 2.71 bits per heavy atom. The molecule has 24 heavy (non-hydrogen) atoms. The van der Waals surface area contributed by atoms with Crippen LogP contribution in [0.1, 0.15) is 20.9 Å². The molecule has 2 aromatic heterocycles. The van der Waals surface area contributed by atoms with Gasteiger partial charge >= 0.3 is 0 Å². The third-order valence-electron chi connectivity index (χ3n) is 3.57. The summed E-state index contributed by atoms with van der Waals surface area (Å²) in [7, 11) is 1.85. The lowest BCUT2D eigenvalue weighted by Crippen LogP contribution is -2.11.